The second-order valence-electron chi connectivity index (χ2n) is 2.72. The molecule has 0 amide bonds. The van der Waals surface area contributed by atoms with Crippen LogP contribution in [0.3, 0.4) is 0 Å². The van der Waals surface area contributed by atoms with Gasteiger partial charge in [0.25, 0.3) is 0 Å². The summed E-state index contributed by atoms with van der Waals surface area (Å²) in [6.45, 7) is 3.50. The predicted octanol–water partition coefficient (Wildman–Crippen LogP) is 3.19. The van der Waals surface area contributed by atoms with Gasteiger partial charge in [-0.2, -0.15) is 0 Å². The van der Waals surface area contributed by atoms with Crippen LogP contribution in [0.4, 0.5) is 4.39 Å². The molecule has 0 aromatic heterocycles. The normalized spacial score (nSPS) is 10.0. The quantitative estimate of drug-likeness (QED) is 0.781. The third-order valence-corrected chi connectivity index (χ3v) is 2.32. The van der Waals surface area contributed by atoms with E-state index in [-0.39, 0.29) is 15.8 Å². The van der Waals surface area contributed by atoms with Crippen molar-refractivity contribution in [3.05, 3.63) is 28.0 Å². The Morgan fingerprint density at radius 2 is 2.21 bits per heavy atom. The summed E-state index contributed by atoms with van der Waals surface area (Å²) in [6, 6.07) is 3.10. The second kappa shape index (κ2) is 4.55. The largest absolute Gasteiger partial charge is 0.493 e. The van der Waals surface area contributed by atoms with Crippen LogP contribution in [0.25, 0.3) is 0 Å². The van der Waals surface area contributed by atoms with E-state index in [1.807, 2.05) is 0 Å². The van der Waals surface area contributed by atoms with Crippen molar-refractivity contribution in [3.8, 4) is 5.75 Å². The number of hydrogen-bond acceptors (Lipinski definition) is 2. The number of ketones is 1. The summed E-state index contributed by atoms with van der Waals surface area (Å²) in [5.41, 5.74) is 0.00113. The molecule has 0 bridgehead atoms. The lowest BCUT2D eigenvalue weighted by Gasteiger charge is -2.09. The average Bonchev–Trinajstić information content (AvgIpc) is 2.11. The van der Waals surface area contributed by atoms with Gasteiger partial charge in [0.15, 0.2) is 11.6 Å². The van der Waals surface area contributed by atoms with E-state index in [1.165, 1.54) is 13.0 Å². The van der Waals surface area contributed by atoms with Gasteiger partial charge in [-0.15, -0.1) is 0 Å². The first-order chi connectivity index (χ1) is 6.57. The molecule has 0 unspecified atom stereocenters. The van der Waals surface area contributed by atoms with Gasteiger partial charge < -0.3 is 4.74 Å². The minimum Gasteiger partial charge on any atom is -0.493 e. The molecule has 0 atom stereocenters. The zero-order chi connectivity index (χ0) is 10.7. The summed E-state index contributed by atoms with van der Waals surface area (Å²) < 4.78 is 18.9. The number of Topliss-reactive ketones (excluding diaryl/α,β-unsaturated/α-hetero) is 1. The molecule has 1 rings (SSSR count). The first-order valence-electron chi connectivity index (χ1n) is 4.19. The molecule has 0 aliphatic rings. The Morgan fingerprint density at radius 1 is 1.57 bits per heavy atom. The smallest absolute Gasteiger partial charge is 0.166 e. The standard InChI is InChI=1S/C10H10BrFO2/c1-3-14-8-5-4-7(11)10(12)9(8)6(2)13/h4-5H,3H2,1-2H3. The van der Waals surface area contributed by atoms with Gasteiger partial charge in [-0.1, -0.05) is 0 Å². The molecule has 0 aliphatic heterocycles. The Labute approximate surface area is 90.2 Å². The molecule has 1 aromatic rings. The van der Waals surface area contributed by atoms with Crippen LogP contribution in [0.5, 0.6) is 5.75 Å². The molecule has 2 nitrogen and oxygen atoms in total. The van der Waals surface area contributed by atoms with E-state index < -0.39 is 5.82 Å². The maximum atomic E-state index is 13.5. The van der Waals surface area contributed by atoms with Crippen molar-refractivity contribution in [2.24, 2.45) is 0 Å². The van der Waals surface area contributed by atoms with Gasteiger partial charge in [-0.3, -0.25) is 4.79 Å². The van der Waals surface area contributed by atoms with E-state index in [1.54, 1.807) is 13.0 Å². The lowest BCUT2D eigenvalue weighted by atomic mass is 10.1. The summed E-state index contributed by atoms with van der Waals surface area (Å²) in [5, 5.41) is 0. The number of hydrogen-bond donors (Lipinski definition) is 0. The maximum Gasteiger partial charge on any atom is 0.166 e. The molecular weight excluding hydrogens is 251 g/mol. The van der Waals surface area contributed by atoms with Crippen LogP contribution in [-0.4, -0.2) is 12.4 Å². The van der Waals surface area contributed by atoms with Gasteiger partial charge in [0, 0.05) is 0 Å². The molecule has 0 radical (unpaired) electrons. The van der Waals surface area contributed by atoms with Crippen molar-refractivity contribution in [1.82, 2.24) is 0 Å². The Morgan fingerprint density at radius 3 is 2.71 bits per heavy atom. The Bertz CT molecular complexity index is 363. The fourth-order valence-corrected chi connectivity index (χ4v) is 1.47. The van der Waals surface area contributed by atoms with Crippen LogP contribution in [0, 0.1) is 5.82 Å². The van der Waals surface area contributed by atoms with Gasteiger partial charge in [0.05, 0.1) is 16.6 Å². The third-order valence-electron chi connectivity index (χ3n) is 1.71. The Kier molecular flexibility index (Phi) is 3.63. The minimum atomic E-state index is -0.566. The van der Waals surface area contributed by atoms with Crippen LogP contribution >= 0.6 is 15.9 Å². The minimum absolute atomic E-state index is 0.00113. The molecule has 4 heteroatoms. The number of carbonyl (C=O) groups excluding carboxylic acids is 1. The van der Waals surface area contributed by atoms with E-state index in [4.69, 9.17) is 4.74 Å². The molecular formula is C10H10BrFO2. The van der Waals surface area contributed by atoms with Gasteiger partial charge >= 0.3 is 0 Å². The number of ether oxygens (including phenoxy) is 1. The summed E-state index contributed by atoms with van der Waals surface area (Å²) in [5.74, 6) is -0.614. The van der Waals surface area contributed by atoms with Crippen LogP contribution in [0.1, 0.15) is 24.2 Å². The van der Waals surface area contributed by atoms with Crippen molar-refractivity contribution < 1.29 is 13.9 Å². The lowest BCUT2D eigenvalue weighted by Crippen LogP contribution is -2.04. The van der Waals surface area contributed by atoms with Crippen molar-refractivity contribution in [3.63, 3.8) is 0 Å². The number of benzene rings is 1. The Hall–Kier alpha value is -0.900. The molecule has 76 valence electrons. The Balaban J connectivity index is 3.30. The SMILES string of the molecule is CCOc1ccc(Br)c(F)c1C(C)=O. The number of rotatable bonds is 3. The topological polar surface area (TPSA) is 26.3 Å². The number of carbonyl (C=O) groups is 1. The molecule has 0 saturated carbocycles. The first-order valence-corrected chi connectivity index (χ1v) is 4.99. The van der Waals surface area contributed by atoms with E-state index >= 15 is 0 Å². The zero-order valence-electron chi connectivity index (χ0n) is 7.93. The lowest BCUT2D eigenvalue weighted by molar-refractivity contribution is 0.101. The van der Waals surface area contributed by atoms with E-state index in [9.17, 15) is 9.18 Å². The summed E-state index contributed by atoms with van der Waals surface area (Å²) >= 11 is 3.02. The fourth-order valence-electron chi connectivity index (χ4n) is 1.14. The maximum absolute atomic E-state index is 13.5. The fraction of sp³-hybridized carbons (Fsp3) is 0.300. The van der Waals surface area contributed by atoms with Crippen LogP contribution in [-0.2, 0) is 0 Å². The first kappa shape index (κ1) is 11.2. The summed E-state index contributed by atoms with van der Waals surface area (Å²) in [7, 11) is 0. The van der Waals surface area contributed by atoms with Crippen molar-refractivity contribution in [2.75, 3.05) is 6.61 Å². The summed E-state index contributed by atoms with van der Waals surface area (Å²) in [6.07, 6.45) is 0. The van der Waals surface area contributed by atoms with E-state index in [2.05, 4.69) is 15.9 Å². The molecule has 0 heterocycles. The van der Waals surface area contributed by atoms with Crippen molar-refractivity contribution >= 4 is 21.7 Å². The van der Waals surface area contributed by atoms with Crippen LogP contribution in [0.15, 0.2) is 16.6 Å². The molecule has 14 heavy (non-hydrogen) atoms. The van der Waals surface area contributed by atoms with Gasteiger partial charge in [-0.05, 0) is 41.9 Å². The van der Waals surface area contributed by atoms with E-state index in [0.717, 1.165) is 0 Å². The van der Waals surface area contributed by atoms with Gasteiger partial charge in [-0.25, -0.2) is 4.39 Å². The monoisotopic (exact) mass is 260 g/mol. The predicted molar refractivity (Wildman–Crippen MR) is 55.3 cm³/mol. The molecule has 0 saturated heterocycles. The highest BCUT2D eigenvalue weighted by Gasteiger charge is 2.16. The van der Waals surface area contributed by atoms with Gasteiger partial charge in [0.2, 0.25) is 0 Å². The second-order valence-corrected chi connectivity index (χ2v) is 3.58. The average molecular weight is 261 g/mol. The third kappa shape index (κ3) is 2.12. The van der Waals surface area contributed by atoms with Crippen LogP contribution in [0.2, 0.25) is 0 Å². The highest BCUT2D eigenvalue weighted by atomic mass is 79.9. The van der Waals surface area contributed by atoms with Gasteiger partial charge in [0.1, 0.15) is 5.75 Å². The van der Waals surface area contributed by atoms with Crippen molar-refractivity contribution in [1.29, 1.82) is 0 Å². The molecule has 1 aromatic carbocycles. The van der Waals surface area contributed by atoms with Crippen LogP contribution < -0.4 is 4.74 Å². The van der Waals surface area contributed by atoms with Crippen molar-refractivity contribution in [2.45, 2.75) is 13.8 Å². The highest BCUT2D eigenvalue weighted by Crippen LogP contribution is 2.28. The summed E-state index contributed by atoms with van der Waals surface area (Å²) in [4.78, 5) is 11.2. The highest BCUT2D eigenvalue weighted by molar-refractivity contribution is 9.10. The molecule has 0 N–H and O–H groups in total. The number of halogens is 2. The zero-order valence-corrected chi connectivity index (χ0v) is 9.52. The van der Waals surface area contributed by atoms with E-state index in [0.29, 0.717) is 12.4 Å². The molecule has 0 fully saturated rings. The molecule has 0 spiro atoms. The molecule has 0 aliphatic carbocycles.